The van der Waals surface area contributed by atoms with Crippen LogP contribution in [-0.4, -0.2) is 0 Å². The topological polar surface area (TPSA) is 9.23 Å². The van der Waals surface area contributed by atoms with Crippen LogP contribution in [0.2, 0.25) is 0 Å². The van der Waals surface area contributed by atoms with Gasteiger partial charge in [0.25, 0.3) is 0 Å². The minimum Gasteiger partial charge on any atom is -0.489 e. The Morgan fingerprint density at radius 2 is 1.08 bits per heavy atom. The minimum absolute atomic E-state index is 0.551. The third-order valence-electron chi connectivity index (χ3n) is 6.85. The van der Waals surface area contributed by atoms with Gasteiger partial charge in [-0.1, -0.05) is 12.1 Å². The second kappa shape index (κ2) is 11.2. The van der Waals surface area contributed by atoms with E-state index in [0.717, 1.165) is 18.4 Å². The summed E-state index contributed by atoms with van der Waals surface area (Å²) >= 11 is 0. The molecule has 1 nitrogen and oxygen atoms in total. The van der Waals surface area contributed by atoms with Crippen LogP contribution in [-0.2, 0) is 18.9 Å². The van der Waals surface area contributed by atoms with Crippen LogP contribution in [0.5, 0.6) is 5.75 Å². The van der Waals surface area contributed by atoms with Crippen molar-refractivity contribution in [1.82, 2.24) is 0 Å². The Balaban J connectivity index is 0.000000310. The number of halogens is 3. The zero-order valence-electron chi connectivity index (χ0n) is 20.7. The van der Waals surface area contributed by atoms with E-state index in [-0.39, 0.29) is 0 Å². The van der Waals surface area contributed by atoms with Crippen molar-refractivity contribution in [2.45, 2.75) is 18.9 Å². The molecule has 7 rings (SSSR count). The first-order valence-corrected chi connectivity index (χ1v) is 14.7. The van der Waals surface area contributed by atoms with Crippen LogP contribution in [0.4, 0.5) is 13.2 Å². The van der Waals surface area contributed by atoms with E-state index in [1.165, 1.54) is 33.6 Å². The predicted octanol–water partition coefficient (Wildman–Crippen LogP) is 7.51. The molecule has 0 amide bonds. The summed E-state index contributed by atoms with van der Waals surface area (Å²) in [6.07, 6.45) is -3.80. The molecule has 0 aromatic heterocycles. The molecule has 2 heterocycles. The first-order chi connectivity index (χ1) is 18.4. The second-order valence-electron chi connectivity index (χ2n) is 9.31. The molecule has 0 N–H and O–H groups in total. The zero-order chi connectivity index (χ0) is 26.4. The van der Waals surface area contributed by atoms with Gasteiger partial charge in [-0.25, -0.2) is 0 Å². The van der Waals surface area contributed by atoms with E-state index in [9.17, 15) is 13.2 Å². The smallest absolute Gasteiger partial charge is 0.119 e. The van der Waals surface area contributed by atoms with E-state index in [1.807, 2.05) is 72.8 Å². The van der Waals surface area contributed by atoms with Crippen molar-refractivity contribution in [1.29, 1.82) is 0 Å². The zero-order valence-corrected chi connectivity index (χ0v) is 21.7. The van der Waals surface area contributed by atoms with Gasteiger partial charge in [0.15, 0.2) is 0 Å². The van der Waals surface area contributed by atoms with Crippen LogP contribution in [0.15, 0.2) is 140 Å². The summed E-state index contributed by atoms with van der Waals surface area (Å²) in [6.45, 7) is 0.766. The summed E-state index contributed by atoms with van der Waals surface area (Å²) in [5.41, 5.74) is 1.37. The molecule has 38 heavy (non-hydrogen) atoms. The van der Waals surface area contributed by atoms with Crippen LogP contribution in [0.1, 0.15) is 16.7 Å². The number of hydrogen-bond acceptors (Lipinski definition) is 1. The monoisotopic (exact) mass is 528 g/mol. The van der Waals surface area contributed by atoms with Gasteiger partial charge in [-0.15, -0.1) is 0 Å². The van der Waals surface area contributed by atoms with Crippen LogP contribution < -0.4 is 20.7 Å². The van der Waals surface area contributed by atoms with Crippen molar-refractivity contribution in [2.75, 3.05) is 0 Å². The van der Waals surface area contributed by atoms with Gasteiger partial charge < -0.3 is 4.74 Å². The maximum Gasteiger partial charge on any atom is 0.119 e. The Morgan fingerprint density at radius 3 is 1.42 bits per heavy atom. The van der Waals surface area contributed by atoms with Crippen molar-refractivity contribution >= 4 is 23.2 Å². The molecule has 0 fully saturated rings. The summed E-state index contributed by atoms with van der Waals surface area (Å²) in [5.74, 6) is 0.986. The van der Waals surface area contributed by atoms with Gasteiger partial charge >= 0.3 is 175 Å². The van der Waals surface area contributed by atoms with Crippen molar-refractivity contribution < 1.29 is 17.9 Å². The fourth-order valence-electron chi connectivity index (χ4n) is 4.99. The Bertz CT molecular complexity index is 1330. The van der Waals surface area contributed by atoms with Crippen molar-refractivity contribution in [3.63, 3.8) is 0 Å². The Morgan fingerprint density at radius 1 is 0.579 bits per heavy atom. The average molecular weight is 529 g/mol. The maximum absolute atomic E-state index is 13.4. The Hall–Kier alpha value is -3.88. The van der Waals surface area contributed by atoms with Gasteiger partial charge in [0, 0.05) is 0 Å². The van der Waals surface area contributed by atoms with Gasteiger partial charge in [0.2, 0.25) is 0 Å². The molecule has 0 aliphatic carbocycles. The molecule has 2 aliphatic heterocycles. The number of hydrogen-bond donors (Lipinski definition) is 0. The predicted molar refractivity (Wildman–Crippen MR) is 152 cm³/mol. The third kappa shape index (κ3) is 5.66. The SMILES string of the molecule is FC(F)(F)c1cccc(C[PH](c2ccccc2)(c2ccccc2)c2ccccc2)c1.c1cc2ccc1CO2. The molecule has 192 valence electrons. The Kier molecular flexibility index (Phi) is 7.62. The number of alkyl halides is 3. The van der Waals surface area contributed by atoms with Crippen LogP contribution in [0, 0.1) is 0 Å². The normalized spacial score (nSPS) is 12.7. The third-order valence-corrected chi connectivity index (χ3v) is 11.7. The molecular weight excluding hydrogens is 500 g/mol. The molecule has 0 radical (unpaired) electrons. The van der Waals surface area contributed by atoms with E-state index in [0.29, 0.717) is 11.7 Å². The summed E-state index contributed by atoms with van der Waals surface area (Å²) in [6, 6.07) is 44.5. The number of rotatable bonds is 5. The van der Waals surface area contributed by atoms with Crippen molar-refractivity contribution in [2.24, 2.45) is 0 Å². The van der Waals surface area contributed by atoms with Gasteiger partial charge in [-0.2, -0.15) is 0 Å². The second-order valence-corrected chi connectivity index (χ2v) is 13.2. The Labute approximate surface area is 221 Å². The van der Waals surface area contributed by atoms with Gasteiger partial charge in [-0.3, -0.25) is 0 Å². The average Bonchev–Trinajstić information content (AvgIpc) is 2.98. The van der Waals surface area contributed by atoms with E-state index < -0.39 is 19.0 Å². The quantitative estimate of drug-likeness (QED) is 0.215. The largest absolute Gasteiger partial charge is 0.489 e. The van der Waals surface area contributed by atoms with E-state index in [1.54, 1.807) is 0 Å². The molecule has 0 spiro atoms. The molecule has 5 aromatic carbocycles. The van der Waals surface area contributed by atoms with E-state index in [2.05, 4.69) is 48.5 Å². The van der Waals surface area contributed by atoms with Crippen molar-refractivity contribution in [3.8, 4) is 5.75 Å². The molecule has 0 saturated heterocycles. The minimum atomic E-state index is -4.35. The van der Waals surface area contributed by atoms with Crippen LogP contribution in [0.3, 0.4) is 0 Å². The van der Waals surface area contributed by atoms with Crippen LogP contribution in [0.25, 0.3) is 0 Å². The number of ether oxygens (including phenoxy) is 1. The fraction of sp³-hybridized carbons (Fsp3) is 0.0909. The maximum atomic E-state index is 13.4. The van der Waals surface area contributed by atoms with Gasteiger partial charge in [0.1, 0.15) is 12.4 Å². The fourth-order valence-corrected chi connectivity index (χ4v) is 9.72. The number of benzene rings is 5. The molecular formula is C33H28F3OP. The molecule has 2 aliphatic rings. The van der Waals surface area contributed by atoms with Gasteiger partial charge in [-0.05, 0) is 17.7 Å². The molecule has 5 heteroatoms. The first-order valence-electron chi connectivity index (χ1n) is 12.5. The van der Waals surface area contributed by atoms with Gasteiger partial charge in [0.05, 0.1) is 0 Å². The molecule has 2 bridgehead atoms. The van der Waals surface area contributed by atoms with Crippen LogP contribution >= 0.6 is 7.26 Å². The van der Waals surface area contributed by atoms with Crippen molar-refractivity contribution in [3.05, 3.63) is 156 Å². The molecule has 0 atom stereocenters. The summed E-state index contributed by atoms with van der Waals surface area (Å²) in [4.78, 5) is 0. The number of fused-ring (bicyclic) bond motifs is 3. The van der Waals surface area contributed by atoms with E-state index in [4.69, 9.17) is 4.74 Å². The molecule has 0 unspecified atom stereocenters. The standard InChI is InChI=1S/C26H22F3P.C7H6O/c27-26(28,29)22-12-10-11-21(19-22)20-30(23-13-4-1-5-14-23,24-15-6-2-7-16-24)25-17-8-3-9-18-25;1-3-7-4-2-6(1)5-8-7/h1-19,30H,20H2;1-4H,5H2. The summed E-state index contributed by atoms with van der Waals surface area (Å²) in [5, 5.41) is 3.54. The summed E-state index contributed by atoms with van der Waals surface area (Å²) < 4.78 is 45.3. The van der Waals surface area contributed by atoms with E-state index >= 15 is 0 Å². The molecule has 5 aromatic rings. The summed E-state index contributed by atoms with van der Waals surface area (Å²) in [7, 11) is -2.61. The first kappa shape index (κ1) is 25.8. The molecule has 0 saturated carbocycles.